The maximum Gasteiger partial charge on any atom is 0.508 e. The molecular formula is C19H20ClN3O9. The monoisotopic (exact) mass is 469 g/mol. The third kappa shape index (κ3) is 5.33. The molecule has 0 saturated carbocycles. The summed E-state index contributed by atoms with van der Waals surface area (Å²) in [5, 5.41) is 21.4. The van der Waals surface area contributed by atoms with E-state index in [4.69, 9.17) is 25.8 Å². The number of aliphatic hydroxyl groups is 1. The molecule has 12 nitrogen and oxygen atoms in total. The molecule has 1 fully saturated rings. The number of aryl methyl sites for hydroxylation is 1. The summed E-state index contributed by atoms with van der Waals surface area (Å²) in [6.07, 6.45) is -2.48. The highest BCUT2D eigenvalue weighted by Crippen LogP contribution is 2.28. The van der Waals surface area contributed by atoms with Crippen LogP contribution in [-0.2, 0) is 20.6 Å². The molecule has 0 amide bonds. The molecule has 0 unspecified atom stereocenters. The molecule has 0 spiro atoms. The summed E-state index contributed by atoms with van der Waals surface area (Å²) in [5.74, 6) is 0. The summed E-state index contributed by atoms with van der Waals surface area (Å²) in [5.41, 5.74) is -0.867. The van der Waals surface area contributed by atoms with E-state index in [2.05, 4.69) is 4.98 Å². The van der Waals surface area contributed by atoms with Crippen LogP contribution in [0.25, 0.3) is 0 Å². The molecule has 1 saturated heterocycles. The Labute approximate surface area is 185 Å². The van der Waals surface area contributed by atoms with Gasteiger partial charge >= 0.3 is 11.8 Å². The van der Waals surface area contributed by atoms with Crippen LogP contribution < -0.4 is 11.2 Å². The number of carbonyl (C=O) groups is 1. The van der Waals surface area contributed by atoms with Crippen molar-refractivity contribution < 1.29 is 29.0 Å². The Hall–Kier alpha value is -3.22. The van der Waals surface area contributed by atoms with E-state index in [1.165, 1.54) is 31.3 Å². The first-order valence-electron chi connectivity index (χ1n) is 9.54. The largest absolute Gasteiger partial charge is 0.508 e. The van der Waals surface area contributed by atoms with Gasteiger partial charge in [0.05, 0.1) is 28.2 Å². The van der Waals surface area contributed by atoms with Crippen molar-refractivity contribution in [2.24, 2.45) is 0 Å². The first-order valence-corrected chi connectivity index (χ1v) is 9.92. The van der Waals surface area contributed by atoms with Gasteiger partial charge in [-0.25, -0.2) is 9.59 Å². The summed E-state index contributed by atoms with van der Waals surface area (Å²) in [6.45, 7) is 0.958. The molecule has 3 atom stereocenters. The van der Waals surface area contributed by atoms with Gasteiger partial charge < -0.3 is 19.3 Å². The molecule has 3 rings (SSSR count). The lowest BCUT2D eigenvalue weighted by Gasteiger charge is -2.16. The molecule has 0 bridgehead atoms. The lowest BCUT2D eigenvalue weighted by Crippen LogP contribution is -2.33. The number of nitrogens with zero attached hydrogens (tertiary/aromatic N) is 2. The second kappa shape index (κ2) is 9.94. The average Bonchev–Trinajstić information content (AvgIpc) is 3.10. The van der Waals surface area contributed by atoms with Gasteiger partial charge in [0.1, 0.15) is 18.9 Å². The van der Waals surface area contributed by atoms with E-state index in [1.807, 2.05) is 0 Å². The van der Waals surface area contributed by atoms with Crippen LogP contribution in [-0.4, -0.2) is 51.2 Å². The zero-order valence-electron chi connectivity index (χ0n) is 16.9. The van der Waals surface area contributed by atoms with Crippen LogP contribution in [0.2, 0.25) is 5.02 Å². The van der Waals surface area contributed by atoms with Gasteiger partial charge in [-0.3, -0.25) is 24.5 Å². The Morgan fingerprint density at radius 2 is 2.16 bits per heavy atom. The number of nitro benzene ring substituents is 1. The Morgan fingerprint density at radius 3 is 2.88 bits per heavy atom. The summed E-state index contributed by atoms with van der Waals surface area (Å²) in [4.78, 5) is 48.0. The number of halogens is 1. The molecule has 1 aromatic heterocycles. The Morgan fingerprint density at radius 1 is 1.41 bits per heavy atom. The Balaban J connectivity index is 1.51. The van der Waals surface area contributed by atoms with Crippen molar-refractivity contribution in [1.29, 1.82) is 0 Å². The standard InChI is InChI=1S/C19H20ClN3O9/c1-10-8-22(18(26)21-17(10)25)16-7-14(24)15(32-16)9-31-19(27)30-6-5-11-12(20)3-2-4-13(11)23(28)29/h2-4,8,14-16,24H,5-7,9H2,1H3,(H,21,25,26)/t14-,15+,16+/m0/s1. The second-order valence-electron chi connectivity index (χ2n) is 7.06. The van der Waals surface area contributed by atoms with Crippen LogP contribution in [0, 0.1) is 17.0 Å². The molecular weight excluding hydrogens is 450 g/mol. The van der Waals surface area contributed by atoms with Gasteiger partial charge in [-0.1, -0.05) is 17.7 Å². The van der Waals surface area contributed by atoms with Crippen LogP contribution in [0.4, 0.5) is 10.5 Å². The number of H-pyrrole nitrogens is 1. The van der Waals surface area contributed by atoms with Crippen LogP contribution >= 0.6 is 11.6 Å². The SMILES string of the molecule is Cc1cn([C@H]2C[C@H](O)[C@@H](COC(=O)OCCc3c(Cl)cccc3[N+](=O)[O-])O2)c(=O)[nH]c1=O. The fraction of sp³-hybridized carbons (Fsp3) is 0.421. The quantitative estimate of drug-likeness (QED) is 0.347. The summed E-state index contributed by atoms with van der Waals surface area (Å²) < 4.78 is 16.6. The zero-order valence-corrected chi connectivity index (χ0v) is 17.6. The molecule has 13 heteroatoms. The second-order valence-corrected chi connectivity index (χ2v) is 7.47. The number of ether oxygens (including phenoxy) is 3. The minimum Gasteiger partial charge on any atom is -0.434 e. The van der Waals surface area contributed by atoms with Crippen molar-refractivity contribution in [3.63, 3.8) is 0 Å². The smallest absolute Gasteiger partial charge is 0.434 e. The third-order valence-electron chi connectivity index (χ3n) is 4.89. The normalized spacial score (nSPS) is 20.2. The molecule has 0 aliphatic carbocycles. The van der Waals surface area contributed by atoms with Crippen molar-refractivity contribution in [1.82, 2.24) is 9.55 Å². The van der Waals surface area contributed by atoms with E-state index < -0.39 is 40.8 Å². The number of rotatable bonds is 7. The van der Waals surface area contributed by atoms with E-state index in [0.717, 1.165) is 4.57 Å². The highest BCUT2D eigenvalue weighted by Gasteiger charge is 2.36. The maximum atomic E-state index is 12.0. The van der Waals surface area contributed by atoms with E-state index in [1.54, 1.807) is 0 Å². The Bertz CT molecular complexity index is 1130. The zero-order chi connectivity index (χ0) is 23.4. The van der Waals surface area contributed by atoms with Gasteiger partial charge in [-0.15, -0.1) is 0 Å². The van der Waals surface area contributed by atoms with Crippen molar-refractivity contribution in [2.75, 3.05) is 13.2 Å². The van der Waals surface area contributed by atoms with Gasteiger partial charge in [-0.2, -0.15) is 0 Å². The van der Waals surface area contributed by atoms with Gasteiger partial charge in [0.15, 0.2) is 0 Å². The highest BCUT2D eigenvalue weighted by molar-refractivity contribution is 6.31. The molecule has 1 aliphatic heterocycles. The van der Waals surface area contributed by atoms with E-state index in [0.29, 0.717) is 5.56 Å². The van der Waals surface area contributed by atoms with E-state index in [-0.39, 0.29) is 42.3 Å². The number of carbonyl (C=O) groups excluding carboxylic acids is 1. The number of hydrogen-bond acceptors (Lipinski definition) is 9. The maximum absolute atomic E-state index is 12.0. The summed E-state index contributed by atoms with van der Waals surface area (Å²) in [7, 11) is 0. The van der Waals surface area contributed by atoms with Crippen molar-refractivity contribution in [2.45, 2.75) is 38.2 Å². The molecule has 2 heterocycles. The number of aromatic nitrogens is 2. The average molecular weight is 470 g/mol. The molecule has 1 aliphatic rings. The molecule has 2 aromatic rings. The molecule has 0 radical (unpaired) electrons. The number of nitro groups is 1. The third-order valence-corrected chi connectivity index (χ3v) is 5.24. The van der Waals surface area contributed by atoms with Crippen LogP contribution in [0.1, 0.15) is 23.8 Å². The van der Waals surface area contributed by atoms with Gasteiger partial charge in [-0.05, 0) is 13.0 Å². The van der Waals surface area contributed by atoms with Crippen molar-refractivity contribution >= 4 is 23.4 Å². The van der Waals surface area contributed by atoms with E-state index >= 15 is 0 Å². The van der Waals surface area contributed by atoms with Crippen LogP contribution in [0.5, 0.6) is 0 Å². The number of aliphatic hydroxyl groups excluding tert-OH is 1. The lowest BCUT2D eigenvalue weighted by molar-refractivity contribution is -0.385. The van der Waals surface area contributed by atoms with Gasteiger partial charge in [0, 0.05) is 30.7 Å². The fourth-order valence-corrected chi connectivity index (χ4v) is 3.49. The number of benzene rings is 1. The predicted octanol–water partition coefficient (Wildman–Crippen LogP) is 1.45. The lowest BCUT2D eigenvalue weighted by atomic mass is 10.1. The Kier molecular flexibility index (Phi) is 7.28. The molecule has 1 aromatic carbocycles. The minimum atomic E-state index is -1.06. The number of aromatic amines is 1. The van der Waals surface area contributed by atoms with Gasteiger partial charge in [0.2, 0.25) is 0 Å². The number of hydrogen-bond donors (Lipinski definition) is 2. The topological polar surface area (TPSA) is 163 Å². The minimum absolute atomic E-state index is 0.00416. The van der Waals surface area contributed by atoms with Crippen molar-refractivity contribution in [3.8, 4) is 0 Å². The van der Waals surface area contributed by atoms with E-state index in [9.17, 15) is 29.6 Å². The van der Waals surface area contributed by atoms with Crippen LogP contribution in [0.15, 0.2) is 34.0 Å². The first-order chi connectivity index (χ1) is 15.2. The van der Waals surface area contributed by atoms with Crippen LogP contribution in [0.3, 0.4) is 0 Å². The fourth-order valence-electron chi connectivity index (χ4n) is 3.23. The number of nitrogens with one attached hydrogen (secondary N) is 1. The predicted molar refractivity (Wildman–Crippen MR) is 110 cm³/mol. The summed E-state index contributed by atoms with van der Waals surface area (Å²) in [6, 6.07) is 4.23. The van der Waals surface area contributed by atoms with Crippen molar-refractivity contribution in [3.05, 3.63) is 71.5 Å². The molecule has 172 valence electrons. The van der Waals surface area contributed by atoms with Gasteiger partial charge in [0.25, 0.3) is 11.2 Å². The molecule has 32 heavy (non-hydrogen) atoms. The molecule has 2 N–H and O–H groups in total. The summed E-state index contributed by atoms with van der Waals surface area (Å²) >= 11 is 5.98. The first kappa shape index (κ1) is 23.4. The highest BCUT2D eigenvalue weighted by atomic mass is 35.5.